The van der Waals surface area contributed by atoms with Gasteiger partial charge in [0, 0.05) is 41.1 Å². The van der Waals surface area contributed by atoms with Crippen molar-refractivity contribution in [2.24, 2.45) is 5.73 Å². The Balaban J connectivity index is 1.69. The molecule has 4 heteroatoms. The zero-order chi connectivity index (χ0) is 17.5. The van der Waals surface area contributed by atoms with Gasteiger partial charge in [0.25, 0.3) is 0 Å². The first kappa shape index (κ1) is 17.0. The van der Waals surface area contributed by atoms with Crippen molar-refractivity contribution in [1.29, 1.82) is 0 Å². The molecule has 0 saturated carbocycles. The second-order valence-electron chi connectivity index (χ2n) is 5.48. The molecule has 1 heterocycles. The number of nitrogens with two attached hydrogens (primary N) is 1. The molecule has 1 aromatic heterocycles. The minimum Gasteiger partial charge on any atom is -0.384 e. The SMILES string of the molecule is NCCNc1ccc(C#Cc2ccc(-c3ccc(Cl)cc3)cn2)cc1. The quantitative estimate of drug-likeness (QED) is 0.696. The molecule has 0 bridgehead atoms. The predicted molar refractivity (Wildman–Crippen MR) is 105 cm³/mol. The Kier molecular flexibility index (Phi) is 5.69. The van der Waals surface area contributed by atoms with Crippen LogP contribution >= 0.6 is 11.6 Å². The third-order valence-corrected chi connectivity index (χ3v) is 3.89. The van der Waals surface area contributed by atoms with Gasteiger partial charge in [-0.15, -0.1) is 0 Å². The minimum absolute atomic E-state index is 0.610. The van der Waals surface area contributed by atoms with Crippen molar-refractivity contribution in [2.45, 2.75) is 0 Å². The maximum absolute atomic E-state index is 5.92. The lowest BCUT2D eigenvalue weighted by Crippen LogP contribution is -2.12. The highest BCUT2D eigenvalue weighted by Gasteiger charge is 1.98. The van der Waals surface area contributed by atoms with Crippen molar-refractivity contribution >= 4 is 17.3 Å². The third kappa shape index (κ3) is 4.84. The van der Waals surface area contributed by atoms with Crippen LogP contribution in [-0.2, 0) is 0 Å². The van der Waals surface area contributed by atoms with E-state index >= 15 is 0 Å². The number of aromatic nitrogens is 1. The van der Waals surface area contributed by atoms with Crippen molar-refractivity contribution in [3.05, 3.63) is 83.1 Å². The van der Waals surface area contributed by atoms with Gasteiger partial charge in [-0.3, -0.25) is 0 Å². The zero-order valence-electron chi connectivity index (χ0n) is 13.7. The normalized spacial score (nSPS) is 10.0. The molecule has 3 aromatic rings. The number of pyridine rings is 1. The number of halogens is 1. The van der Waals surface area contributed by atoms with Crippen LogP contribution in [0.1, 0.15) is 11.3 Å². The molecule has 0 saturated heterocycles. The molecule has 0 fully saturated rings. The van der Waals surface area contributed by atoms with Crippen molar-refractivity contribution in [3.63, 3.8) is 0 Å². The van der Waals surface area contributed by atoms with E-state index in [0.717, 1.165) is 39.6 Å². The summed E-state index contributed by atoms with van der Waals surface area (Å²) < 4.78 is 0. The summed E-state index contributed by atoms with van der Waals surface area (Å²) in [5.41, 5.74) is 10.3. The van der Waals surface area contributed by atoms with Gasteiger partial charge in [-0.25, -0.2) is 4.98 Å². The number of nitrogens with zero attached hydrogens (tertiary/aromatic N) is 1. The topological polar surface area (TPSA) is 50.9 Å². The van der Waals surface area contributed by atoms with E-state index in [-0.39, 0.29) is 0 Å². The molecular weight excluding hydrogens is 330 g/mol. The Morgan fingerprint density at radius 2 is 1.60 bits per heavy atom. The molecule has 0 atom stereocenters. The second kappa shape index (κ2) is 8.34. The Hall–Kier alpha value is -2.80. The van der Waals surface area contributed by atoms with E-state index in [2.05, 4.69) is 22.1 Å². The standard InChI is InChI=1S/C21H18ClN3/c22-19-7-4-17(5-8-19)18-6-12-21(25-15-18)11-3-16-1-9-20(10-2-16)24-14-13-23/h1-2,4-10,12,15,24H,13-14,23H2. The summed E-state index contributed by atoms with van der Waals surface area (Å²) >= 11 is 5.92. The van der Waals surface area contributed by atoms with Gasteiger partial charge in [0.05, 0.1) is 0 Å². The molecule has 0 radical (unpaired) electrons. The number of benzene rings is 2. The molecule has 0 unspecified atom stereocenters. The number of hydrogen-bond acceptors (Lipinski definition) is 3. The van der Waals surface area contributed by atoms with Crippen molar-refractivity contribution in [1.82, 2.24) is 4.98 Å². The first-order chi connectivity index (χ1) is 12.2. The lowest BCUT2D eigenvalue weighted by Gasteiger charge is -2.03. The van der Waals surface area contributed by atoms with Crippen LogP contribution in [0.25, 0.3) is 11.1 Å². The molecule has 0 amide bonds. The molecule has 0 aliphatic carbocycles. The smallest absolute Gasteiger partial charge is 0.113 e. The largest absolute Gasteiger partial charge is 0.384 e. The van der Waals surface area contributed by atoms with E-state index in [1.165, 1.54) is 0 Å². The van der Waals surface area contributed by atoms with E-state index in [4.69, 9.17) is 17.3 Å². The molecule has 3 N–H and O–H groups in total. The Morgan fingerprint density at radius 3 is 2.24 bits per heavy atom. The summed E-state index contributed by atoms with van der Waals surface area (Å²) in [5, 5.41) is 3.95. The molecule has 0 aliphatic heterocycles. The number of anilines is 1. The summed E-state index contributed by atoms with van der Waals surface area (Å²) in [6.45, 7) is 1.37. The monoisotopic (exact) mass is 347 g/mol. The van der Waals surface area contributed by atoms with Gasteiger partial charge in [0.2, 0.25) is 0 Å². The lowest BCUT2D eigenvalue weighted by molar-refractivity contribution is 1.02. The van der Waals surface area contributed by atoms with Crippen LogP contribution in [0.15, 0.2) is 66.9 Å². The van der Waals surface area contributed by atoms with Crippen LogP contribution < -0.4 is 11.1 Å². The summed E-state index contributed by atoms with van der Waals surface area (Å²) in [6.07, 6.45) is 1.83. The van der Waals surface area contributed by atoms with Crippen LogP contribution in [0, 0.1) is 11.8 Å². The van der Waals surface area contributed by atoms with E-state index in [0.29, 0.717) is 6.54 Å². The maximum atomic E-state index is 5.92. The highest BCUT2D eigenvalue weighted by Crippen LogP contribution is 2.20. The van der Waals surface area contributed by atoms with Crippen LogP contribution in [0.4, 0.5) is 5.69 Å². The molecule has 0 spiro atoms. The van der Waals surface area contributed by atoms with Gasteiger partial charge >= 0.3 is 0 Å². The Morgan fingerprint density at radius 1 is 0.880 bits per heavy atom. The summed E-state index contributed by atoms with van der Waals surface area (Å²) in [6, 6.07) is 19.6. The van der Waals surface area contributed by atoms with Gasteiger partial charge in [-0.05, 0) is 53.9 Å². The van der Waals surface area contributed by atoms with E-state index < -0.39 is 0 Å². The van der Waals surface area contributed by atoms with Gasteiger partial charge in [0.15, 0.2) is 0 Å². The summed E-state index contributed by atoms with van der Waals surface area (Å²) in [7, 11) is 0. The van der Waals surface area contributed by atoms with Crippen molar-refractivity contribution < 1.29 is 0 Å². The summed E-state index contributed by atoms with van der Waals surface area (Å²) in [5.74, 6) is 6.22. The molecule has 3 rings (SSSR count). The number of hydrogen-bond donors (Lipinski definition) is 2. The molecule has 0 aliphatic rings. The van der Waals surface area contributed by atoms with Gasteiger partial charge in [-0.1, -0.05) is 35.7 Å². The Bertz CT molecular complexity index is 874. The van der Waals surface area contributed by atoms with Crippen LogP contribution in [-0.4, -0.2) is 18.1 Å². The van der Waals surface area contributed by atoms with E-state index in [1.54, 1.807) is 0 Å². The van der Waals surface area contributed by atoms with Gasteiger partial charge in [-0.2, -0.15) is 0 Å². The first-order valence-corrected chi connectivity index (χ1v) is 8.40. The fourth-order valence-corrected chi connectivity index (χ4v) is 2.43. The van der Waals surface area contributed by atoms with Crippen LogP contribution in [0.2, 0.25) is 5.02 Å². The average Bonchev–Trinajstić information content (AvgIpc) is 2.67. The van der Waals surface area contributed by atoms with Gasteiger partial charge in [0.1, 0.15) is 5.69 Å². The third-order valence-electron chi connectivity index (χ3n) is 3.63. The Labute approximate surface area is 152 Å². The highest BCUT2D eigenvalue weighted by molar-refractivity contribution is 6.30. The lowest BCUT2D eigenvalue weighted by atomic mass is 10.1. The fourth-order valence-electron chi connectivity index (χ4n) is 2.31. The van der Waals surface area contributed by atoms with Crippen LogP contribution in [0.5, 0.6) is 0 Å². The zero-order valence-corrected chi connectivity index (χ0v) is 14.4. The van der Waals surface area contributed by atoms with Crippen LogP contribution in [0.3, 0.4) is 0 Å². The molecular formula is C21H18ClN3. The second-order valence-corrected chi connectivity index (χ2v) is 5.92. The molecule has 124 valence electrons. The number of rotatable bonds is 4. The van der Waals surface area contributed by atoms with Gasteiger partial charge < -0.3 is 11.1 Å². The predicted octanol–water partition coefficient (Wildman–Crippen LogP) is 4.17. The minimum atomic E-state index is 0.610. The maximum Gasteiger partial charge on any atom is 0.113 e. The average molecular weight is 348 g/mol. The van der Waals surface area contributed by atoms with E-state index in [1.807, 2.05) is 66.9 Å². The van der Waals surface area contributed by atoms with Crippen molar-refractivity contribution in [2.75, 3.05) is 18.4 Å². The fraction of sp³-hybridized carbons (Fsp3) is 0.0952. The number of nitrogens with one attached hydrogen (secondary N) is 1. The van der Waals surface area contributed by atoms with Crippen molar-refractivity contribution in [3.8, 4) is 23.0 Å². The molecule has 2 aromatic carbocycles. The molecule has 25 heavy (non-hydrogen) atoms. The highest BCUT2D eigenvalue weighted by atomic mass is 35.5. The summed E-state index contributed by atoms with van der Waals surface area (Å²) in [4.78, 5) is 4.42. The first-order valence-electron chi connectivity index (χ1n) is 8.02. The van der Waals surface area contributed by atoms with E-state index in [9.17, 15) is 0 Å². The molecule has 3 nitrogen and oxygen atoms in total.